The molecule has 0 radical (unpaired) electrons. The molecule has 0 atom stereocenters. The molecule has 0 aliphatic rings. The van der Waals surface area contributed by atoms with Gasteiger partial charge in [0.05, 0.1) is 5.69 Å². The fourth-order valence-electron chi connectivity index (χ4n) is 1.59. The van der Waals surface area contributed by atoms with Crippen molar-refractivity contribution in [1.82, 2.24) is 9.78 Å². The molecule has 94 valence electrons. The van der Waals surface area contributed by atoms with Gasteiger partial charge in [0.15, 0.2) is 5.82 Å². The fourth-order valence-corrected chi connectivity index (χ4v) is 1.59. The number of aromatic nitrogens is 2. The smallest absolute Gasteiger partial charge is 0.251 e. The van der Waals surface area contributed by atoms with Crippen molar-refractivity contribution in [3.8, 4) is 5.69 Å². The number of aryl methyl sites for hydroxylation is 1. The highest BCUT2D eigenvalue weighted by Gasteiger charge is 2.08. The van der Waals surface area contributed by atoms with Crippen molar-refractivity contribution in [2.45, 2.75) is 6.92 Å². The summed E-state index contributed by atoms with van der Waals surface area (Å²) in [7, 11) is 0. The first-order valence-electron chi connectivity index (χ1n) is 5.33. The number of carbonyl (C=O) groups excluding carboxylic acids is 1. The fraction of sp³-hybridized carbons (Fsp3) is 0.167. The van der Waals surface area contributed by atoms with Crippen molar-refractivity contribution in [2.24, 2.45) is 0 Å². The van der Waals surface area contributed by atoms with Crippen molar-refractivity contribution in [1.29, 1.82) is 0 Å². The lowest BCUT2D eigenvalue weighted by atomic mass is 10.3. The lowest BCUT2D eigenvalue weighted by molar-refractivity contribution is -0.118. The number of amides is 1. The van der Waals surface area contributed by atoms with E-state index in [1.165, 1.54) is 16.8 Å². The molecule has 0 fully saturated rings. The van der Waals surface area contributed by atoms with E-state index in [-0.39, 0.29) is 5.82 Å². The number of carbonyl (C=O) groups is 1. The summed E-state index contributed by atoms with van der Waals surface area (Å²) in [5, 5.41) is 15.2. The summed E-state index contributed by atoms with van der Waals surface area (Å²) in [6.07, 6.45) is 0. The van der Waals surface area contributed by atoms with Gasteiger partial charge in [0.2, 0.25) is 0 Å². The van der Waals surface area contributed by atoms with E-state index < -0.39 is 12.5 Å². The molecule has 1 amide bonds. The molecule has 5 nitrogen and oxygen atoms in total. The zero-order valence-corrected chi connectivity index (χ0v) is 9.72. The van der Waals surface area contributed by atoms with Crippen LogP contribution in [0.2, 0.25) is 0 Å². The minimum Gasteiger partial charge on any atom is -0.387 e. The molecule has 0 spiro atoms. The lowest BCUT2D eigenvalue weighted by Gasteiger charge is -2.03. The molecule has 0 aliphatic carbocycles. The van der Waals surface area contributed by atoms with E-state index in [0.29, 0.717) is 11.5 Å². The van der Waals surface area contributed by atoms with Crippen LogP contribution in [-0.2, 0) is 4.79 Å². The zero-order chi connectivity index (χ0) is 13.1. The van der Waals surface area contributed by atoms with Gasteiger partial charge in [-0.15, -0.1) is 5.10 Å². The number of halogens is 1. The monoisotopic (exact) mass is 249 g/mol. The Hall–Kier alpha value is -2.21. The van der Waals surface area contributed by atoms with E-state index >= 15 is 0 Å². The van der Waals surface area contributed by atoms with Crippen LogP contribution in [0, 0.1) is 12.7 Å². The Bertz CT molecular complexity index is 580. The Morgan fingerprint density at radius 3 is 2.94 bits per heavy atom. The molecule has 0 saturated carbocycles. The molecule has 1 heterocycles. The van der Waals surface area contributed by atoms with Crippen molar-refractivity contribution in [2.75, 3.05) is 11.9 Å². The summed E-state index contributed by atoms with van der Waals surface area (Å²) in [4.78, 5) is 11.0. The molecule has 2 aromatic rings. The van der Waals surface area contributed by atoms with Crippen LogP contribution in [0.3, 0.4) is 0 Å². The molecular weight excluding hydrogens is 237 g/mol. The van der Waals surface area contributed by atoms with Crippen LogP contribution in [0.4, 0.5) is 10.2 Å². The largest absolute Gasteiger partial charge is 0.387 e. The second kappa shape index (κ2) is 4.97. The molecule has 0 saturated heterocycles. The Labute approximate surface area is 103 Å². The molecule has 0 aliphatic heterocycles. The number of hydrogen-bond donors (Lipinski definition) is 2. The second-order valence-corrected chi connectivity index (χ2v) is 3.77. The average Bonchev–Trinajstić information content (AvgIpc) is 2.70. The highest BCUT2D eigenvalue weighted by molar-refractivity contribution is 5.90. The average molecular weight is 249 g/mol. The van der Waals surface area contributed by atoms with E-state index in [1.807, 2.05) is 0 Å². The number of nitrogens with one attached hydrogen (secondary N) is 1. The predicted octanol–water partition coefficient (Wildman–Crippen LogP) is 1.25. The number of nitrogens with zero attached hydrogens (tertiary/aromatic N) is 2. The zero-order valence-electron chi connectivity index (χ0n) is 9.72. The van der Waals surface area contributed by atoms with Gasteiger partial charge in [-0.3, -0.25) is 4.79 Å². The highest BCUT2D eigenvalue weighted by Crippen LogP contribution is 2.15. The maximum atomic E-state index is 13.1. The molecule has 2 N–H and O–H groups in total. The topological polar surface area (TPSA) is 67.2 Å². The maximum absolute atomic E-state index is 13.1. The number of anilines is 1. The Morgan fingerprint density at radius 1 is 1.50 bits per heavy atom. The Morgan fingerprint density at radius 2 is 2.28 bits per heavy atom. The van der Waals surface area contributed by atoms with E-state index in [0.717, 1.165) is 5.69 Å². The normalized spacial score (nSPS) is 10.4. The molecule has 0 bridgehead atoms. The number of rotatable bonds is 3. The van der Waals surface area contributed by atoms with Crippen LogP contribution in [0.25, 0.3) is 5.69 Å². The minimum absolute atomic E-state index is 0.316. The molecular formula is C12H12FN3O2. The number of benzene rings is 1. The molecule has 1 aromatic carbocycles. The van der Waals surface area contributed by atoms with Crippen LogP contribution in [-0.4, -0.2) is 27.4 Å². The summed E-state index contributed by atoms with van der Waals surface area (Å²) in [5.74, 6) is -0.585. The summed E-state index contributed by atoms with van der Waals surface area (Å²) in [6, 6.07) is 7.62. The molecule has 6 heteroatoms. The summed E-state index contributed by atoms with van der Waals surface area (Å²) in [5.41, 5.74) is 1.31. The third kappa shape index (κ3) is 2.54. The van der Waals surface area contributed by atoms with Crippen molar-refractivity contribution < 1.29 is 14.3 Å². The molecule has 0 unspecified atom stereocenters. The first-order chi connectivity index (χ1) is 8.60. The third-order valence-corrected chi connectivity index (χ3v) is 2.35. The van der Waals surface area contributed by atoms with Gasteiger partial charge in [0.1, 0.15) is 12.4 Å². The van der Waals surface area contributed by atoms with Gasteiger partial charge >= 0.3 is 0 Å². The van der Waals surface area contributed by atoms with Crippen LogP contribution < -0.4 is 5.32 Å². The van der Waals surface area contributed by atoms with Crippen LogP contribution in [0.1, 0.15) is 5.69 Å². The summed E-state index contributed by atoms with van der Waals surface area (Å²) >= 11 is 0. The highest BCUT2D eigenvalue weighted by atomic mass is 19.1. The number of aliphatic hydroxyl groups is 1. The maximum Gasteiger partial charge on any atom is 0.251 e. The Kier molecular flexibility index (Phi) is 3.38. The SMILES string of the molecule is Cc1cc(NC(=O)CO)nn1-c1cccc(F)c1. The first kappa shape index (κ1) is 12.3. The van der Waals surface area contributed by atoms with E-state index in [1.54, 1.807) is 25.1 Å². The van der Waals surface area contributed by atoms with Gasteiger partial charge in [0, 0.05) is 11.8 Å². The second-order valence-electron chi connectivity index (χ2n) is 3.77. The minimum atomic E-state index is -0.605. The summed E-state index contributed by atoms with van der Waals surface area (Å²) in [6.45, 7) is 1.18. The van der Waals surface area contributed by atoms with Gasteiger partial charge < -0.3 is 10.4 Å². The number of aliphatic hydroxyl groups excluding tert-OH is 1. The van der Waals surface area contributed by atoms with Gasteiger partial charge in [-0.1, -0.05) is 6.07 Å². The lowest BCUT2D eigenvalue weighted by Crippen LogP contribution is -2.15. The first-order valence-corrected chi connectivity index (χ1v) is 5.33. The van der Waals surface area contributed by atoms with Gasteiger partial charge in [-0.2, -0.15) is 0 Å². The molecule has 1 aromatic heterocycles. The van der Waals surface area contributed by atoms with E-state index in [4.69, 9.17) is 5.11 Å². The van der Waals surface area contributed by atoms with Gasteiger partial charge in [-0.25, -0.2) is 9.07 Å². The van der Waals surface area contributed by atoms with Gasteiger partial charge in [0.25, 0.3) is 5.91 Å². The van der Waals surface area contributed by atoms with Crippen LogP contribution in [0.5, 0.6) is 0 Å². The predicted molar refractivity (Wildman–Crippen MR) is 64.0 cm³/mol. The quantitative estimate of drug-likeness (QED) is 0.860. The summed E-state index contributed by atoms with van der Waals surface area (Å²) < 4.78 is 14.6. The van der Waals surface area contributed by atoms with Crippen LogP contribution >= 0.6 is 0 Å². The van der Waals surface area contributed by atoms with Crippen molar-refractivity contribution in [3.05, 3.63) is 41.8 Å². The molecule has 2 rings (SSSR count). The standard InChI is InChI=1S/C12H12FN3O2/c1-8-5-11(14-12(18)7-17)15-16(8)10-4-2-3-9(13)6-10/h2-6,17H,7H2,1H3,(H,14,15,18). The van der Waals surface area contributed by atoms with E-state index in [2.05, 4.69) is 10.4 Å². The number of hydrogen-bond acceptors (Lipinski definition) is 3. The van der Waals surface area contributed by atoms with Crippen LogP contribution in [0.15, 0.2) is 30.3 Å². The molecule has 18 heavy (non-hydrogen) atoms. The third-order valence-electron chi connectivity index (χ3n) is 2.35. The van der Waals surface area contributed by atoms with Crippen molar-refractivity contribution in [3.63, 3.8) is 0 Å². The Balaban J connectivity index is 2.32. The van der Waals surface area contributed by atoms with Gasteiger partial charge in [-0.05, 0) is 25.1 Å². The van der Waals surface area contributed by atoms with Crippen molar-refractivity contribution >= 4 is 11.7 Å². The van der Waals surface area contributed by atoms with E-state index in [9.17, 15) is 9.18 Å².